The van der Waals surface area contributed by atoms with Gasteiger partial charge >= 0.3 is 0 Å². The average Bonchev–Trinajstić information content (AvgIpc) is 3.00. The molecule has 0 saturated carbocycles. The third-order valence-corrected chi connectivity index (χ3v) is 5.44. The monoisotopic (exact) mass is 468 g/mol. The van der Waals surface area contributed by atoms with Crippen LogP contribution in [0.15, 0.2) is 77.0 Å². The van der Waals surface area contributed by atoms with E-state index < -0.39 is 0 Å². The number of nitrogens with zero attached hydrogens (tertiary/aromatic N) is 3. The first-order valence-electron chi connectivity index (χ1n) is 9.45. The van der Waals surface area contributed by atoms with Crippen molar-refractivity contribution in [2.24, 2.45) is 10.2 Å². The molecule has 0 fully saturated rings. The normalized spacial score (nSPS) is 11.3. The summed E-state index contributed by atoms with van der Waals surface area (Å²) in [6, 6.07) is 20.6. The lowest BCUT2D eigenvalue weighted by atomic mass is 10.1. The van der Waals surface area contributed by atoms with Crippen LogP contribution in [0.25, 0.3) is 10.9 Å². The predicted octanol–water partition coefficient (Wildman–Crippen LogP) is 7.49. The number of anilines is 1. The van der Waals surface area contributed by atoms with Gasteiger partial charge < -0.3 is 15.0 Å². The molecule has 0 saturated heterocycles. The Labute approximate surface area is 194 Å². The van der Waals surface area contributed by atoms with E-state index in [-0.39, 0.29) is 11.0 Å². The predicted molar refractivity (Wildman–Crippen MR) is 131 cm³/mol. The molecular weight excluding hydrogens is 451 g/mol. The molecule has 2 N–H and O–H groups in total. The molecule has 0 radical (unpaired) electrons. The molecular formula is C23H18Cl2N4OS. The second-order valence-corrected chi connectivity index (χ2v) is 8.30. The zero-order chi connectivity index (χ0) is 22.0. The largest absolute Gasteiger partial charge is 0.493 e. The lowest BCUT2D eigenvalue weighted by Gasteiger charge is -2.07. The fraction of sp³-hybridized carbons (Fsp3) is 0.0870. The van der Waals surface area contributed by atoms with Gasteiger partial charge in [-0.3, -0.25) is 0 Å². The highest BCUT2D eigenvalue weighted by molar-refractivity contribution is 7.80. The van der Waals surface area contributed by atoms with Gasteiger partial charge in [0, 0.05) is 21.1 Å². The van der Waals surface area contributed by atoms with Crippen LogP contribution in [-0.4, -0.2) is 14.8 Å². The minimum atomic E-state index is -0.00381. The Morgan fingerprint density at radius 2 is 1.68 bits per heavy atom. The number of rotatable bonds is 4. The van der Waals surface area contributed by atoms with E-state index in [2.05, 4.69) is 15.5 Å². The van der Waals surface area contributed by atoms with Crippen molar-refractivity contribution in [3.63, 3.8) is 0 Å². The van der Waals surface area contributed by atoms with Gasteiger partial charge in [0.15, 0.2) is 5.69 Å². The minimum Gasteiger partial charge on any atom is -0.493 e. The molecule has 0 aliphatic heterocycles. The topological polar surface area (TPSA) is 61.9 Å². The van der Waals surface area contributed by atoms with E-state index in [0.717, 1.165) is 16.8 Å². The zero-order valence-corrected chi connectivity index (χ0v) is 18.8. The molecule has 0 unspecified atom stereocenters. The van der Waals surface area contributed by atoms with Crippen LogP contribution >= 0.6 is 35.4 Å². The van der Waals surface area contributed by atoms with Gasteiger partial charge in [-0.2, -0.15) is 0 Å². The number of benzene rings is 3. The SMILES string of the molecule is Cc1ccc(Cn2c(O)c(N=NC(=S)Nc3ccc(Cl)cc3)c3cc(Cl)ccc32)cc1. The van der Waals surface area contributed by atoms with E-state index >= 15 is 0 Å². The van der Waals surface area contributed by atoms with Crippen molar-refractivity contribution in [2.75, 3.05) is 5.32 Å². The first-order chi connectivity index (χ1) is 14.9. The van der Waals surface area contributed by atoms with Crippen LogP contribution in [0.5, 0.6) is 5.88 Å². The third kappa shape index (κ3) is 4.88. The van der Waals surface area contributed by atoms with Crippen molar-refractivity contribution in [2.45, 2.75) is 13.5 Å². The summed E-state index contributed by atoms with van der Waals surface area (Å²) >= 11 is 17.4. The summed E-state index contributed by atoms with van der Waals surface area (Å²) in [4.78, 5) is 0. The van der Waals surface area contributed by atoms with Crippen LogP contribution in [0.2, 0.25) is 10.0 Å². The van der Waals surface area contributed by atoms with Crippen molar-refractivity contribution in [1.82, 2.24) is 4.57 Å². The Kier molecular flexibility index (Phi) is 6.23. The van der Waals surface area contributed by atoms with Crippen molar-refractivity contribution in [3.8, 4) is 5.88 Å². The number of azo groups is 1. The summed E-state index contributed by atoms with van der Waals surface area (Å²) in [7, 11) is 0. The molecule has 156 valence electrons. The number of nitrogens with one attached hydrogen (secondary N) is 1. The van der Waals surface area contributed by atoms with Crippen LogP contribution in [0.4, 0.5) is 11.4 Å². The molecule has 1 aromatic heterocycles. The molecule has 3 aromatic carbocycles. The van der Waals surface area contributed by atoms with E-state index in [4.69, 9.17) is 35.4 Å². The van der Waals surface area contributed by atoms with Gasteiger partial charge in [-0.15, -0.1) is 10.2 Å². The quantitative estimate of drug-likeness (QED) is 0.240. The van der Waals surface area contributed by atoms with Crippen LogP contribution in [0.3, 0.4) is 0 Å². The highest BCUT2D eigenvalue weighted by atomic mass is 35.5. The molecule has 0 aliphatic carbocycles. The Hall–Kier alpha value is -2.93. The number of hydrogen-bond acceptors (Lipinski definition) is 3. The van der Waals surface area contributed by atoms with Crippen molar-refractivity contribution >= 4 is 62.8 Å². The molecule has 8 heteroatoms. The molecule has 31 heavy (non-hydrogen) atoms. The molecule has 0 aliphatic rings. The van der Waals surface area contributed by atoms with Gasteiger partial charge in [-0.05, 0) is 67.2 Å². The van der Waals surface area contributed by atoms with E-state index in [9.17, 15) is 5.11 Å². The van der Waals surface area contributed by atoms with E-state index in [1.165, 1.54) is 5.56 Å². The molecule has 0 amide bonds. The summed E-state index contributed by atoms with van der Waals surface area (Å²) in [6.45, 7) is 2.51. The maximum Gasteiger partial charge on any atom is 0.221 e. The van der Waals surface area contributed by atoms with Gasteiger partial charge in [0.05, 0.1) is 12.1 Å². The highest BCUT2D eigenvalue weighted by Gasteiger charge is 2.17. The van der Waals surface area contributed by atoms with Gasteiger partial charge in [-0.1, -0.05) is 53.0 Å². The first kappa shape index (κ1) is 21.3. The molecule has 5 nitrogen and oxygen atoms in total. The van der Waals surface area contributed by atoms with Gasteiger partial charge in [0.1, 0.15) is 0 Å². The summed E-state index contributed by atoms with van der Waals surface area (Å²) < 4.78 is 1.78. The van der Waals surface area contributed by atoms with Gasteiger partial charge in [-0.25, -0.2) is 0 Å². The van der Waals surface area contributed by atoms with Crippen molar-refractivity contribution in [1.29, 1.82) is 0 Å². The number of thiocarbonyl (C=S) groups is 1. The van der Waals surface area contributed by atoms with Crippen molar-refractivity contribution in [3.05, 3.63) is 87.9 Å². The van der Waals surface area contributed by atoms with Crippen LogP contribution < -0.4 is 5.32 Å². The average molecular weight is 469 g/mol. The molecule has 4 rings (SSSR count). The minimum absolute atomic E-state index is 0.00381. The second kappa shape index (κ2) is 9.06. The highest BCUT2D eigenvalue weighted by Crippen LogP contribution is 2.40. The van der Waals surface area contributed by atoms with E-state index in [1.807, 2.05) is 37.3 Å². The van der Waals surface area contributed by atoms with Crippen LogP contribution in [0.1, 0.15) is 11.1 Å². The number of halogens is 2. The van der Waals surface area contributed by atoms with E-state index in [0.29, 0.717) is 27.7 Å². The van der Waals surface area contributed by atoms with E-state index in [1.54, 1.807) is 41.0 Å². The number of fused-ring (bicyclic) bond motifs is 1. The lowest BCUT2D eigenvalue weighted by molar-refractivity contribution is 0.429. The maximum atomic E-state index is 10.9. The molecule has 1 heterocycles. The molecule has 0 spiro atoms. The zero-order valence-electron chi connectivity index (χ0n) is 16.5. The lowest BCUT2D eigenvalue weighted by Crippen LogP contribution is -2.04. The summed E-state index contributed by atoms with van der Waals surface area (Å²) in [6.07, 6.45) is 0. The number of aromatic nitrogens is 1. The van der Waals surface area contributed by atoms with Crippen LogP contribution in [0, 0.1) is 6.92 Å². The number of aromatic hydroxyl groups is 1. The van der Waals surface area contributed by atoms with Crippen molar-refractivity contribution < 1.29 is 5.11 Å². The second-order valence-electron chi connectivity index (χ2n) is 7.04. The smallest absolute Gasteiger partial charge is 0.221 e. The maximum absolute atomic E-state index is 10.9. The third-order valence-electron chi connectivity index (χ3n) is 4.77. The number of aryl methyl sites for hydroxylation is 1. The Balaban J connectivity index is 1.66. The molecule has 0 bridgehead atoms. The summed E-state index contributed by atoms with van der Waals surface area (Å²) in [5, 5.41) is 24.2. The van der Waals surface area contributed by atoms with Crippen LogP contribution in [-0.2, 0) is 6.54 Å². The van der Waals surface area contributed by atoms with Gasteiger partial charge in [0.2, 0.25) is 11.0 Å². The summed E-state index contributed by atoms with van der Waals surface area (Å²) in [5.74, 6) is -0.00381. The van der Waals surface area contributed by atoms with Gasteiger partial charge in [0.25, 0.3) is 0 Å². The molecule has 0 atom stereocenters. The Bertz CT molecular complexity index is 1280. The molecule has 4 aromatic rings. The Morgan fingerprint density at radius 3 is 2.39 bits per heavy atom. The summed E-state index contributed by atoms with van der Waals surface area (Å²) in [5.41, 5.74) is 4.07. The fourth-order valence-corrected chi connectivity index (χ4v) is 3.66. The number of hydrogen-bond donors (Lipinski definition) is 2. The Morgan fingerprint density at radius 1 is 1.00 bits per heavy atom. The first-order valence-corrected chi connectivity index (χ1v) is 10.6. The fourth-order valence-electron chi connectivity index (χ4n) is 3.21. The standard InChI is InChI=1S/C23H18Cl2N4OS/c1-14-2-4-15(5-3-14)13-29-20-11-8-17(25)12-19(20)21(22(29)30)27-28-23(31)26-18-9-6-16(24)7-10-18/h2-12,30H,13H2,1H3,(H,26,31).